The van der Waals surface area contributed by atoms with Gasteiger partial charge in [-0.1, -0.05) is 0 Å². The van der Waals surface area contributed by atoms with Crippen LogP contribution < -0.4 is 5.32 Å². The molecule has 7 heteroatoms. The first-order valence-electron chi connectivity index (χ1n) is 6.59. The number of carbonyl (C=O) groups excluding carboxylic acids is 1. The van der Waals surface area contributed by atoms with E-state index in [0.717, 1.165) is 19.4 Å². The molecule has 3 rings (SSSR count). The molecule has 7 nitrogen and oxygen atoms in total. The highest BCUT2D eigenvalue weighted by Crippen LogP contribution is 2.12. The van der Waals surface area contributed by atoms with Gasteiger partial charge in [0, 0.05) is 25.2 Å². The van der Waals surface area contributed by atoms with E-state index in [2.05, 4.69) is 15.3 Å². The van der Waals surface area contributed by atoms with Crippen molar-refractivity contribution in [2.75, 3.05) is 25.1 Å². The van der Waals surface area contributed by atoms with Crippen molar-refractivity contribution in [1.29, 1.82) is 0 Å². The van der Waals surface area contributed by atoms with Crippen LogP contribution in [-0.4, -0.2) is 46.2 Å². The molecule has 0 saturated carbocycles. The maximum atomic E-state index is 11.7. The highest BCUT2D eigenvalue weighted by molar-refractivity contribution is 5.91. The Kier molecular flexibility index (Phi) is 3.89. The highest BCUT2D eigenvalue weighted by Gasteiger charge is 2.16. The van der Waals surface area contributed by atoms with Crippen LogP contribution in [0.3, 0.4) is 0 Å². The lowest BCUT2D eigenvalue weighted by atomic mass is 10.2. The number of hydrogen-bond donors (Lipinski definition) is 1. The number of nitrogens with zero attached hydrogens (tertiary/aromatic N) is 3. The number of hydrogen-bond acceptors (Lipinski definition) is 5. The first-order valence-corrected chi connectivity index (χ1v) is 6.59. The number of aromatic nitrogens is 3. The first-order chi connectivity index (χ1) is 9.81. The fraction of sp³-hybridized carbons (Fsp3) is 0.462. The maximum absolute atomic E-state index is 11.7. The third kappa shape index (κ3) is 3.12. The van der Waals surface area contributed by atoms with Crippen molar-refractivity contribution in [3.8, 4) is 0 Å². The Morgan fingerprint density at radius 1 is 1.55 bits per heavy atom. The third-order valence-electron chi connectivity index (χ3n) is 3.09. The van der Waals surface area contributed by atoms with Crippen LogP contribution in [0.2, 0.25) is 0 Å². The fourth-order valence-electron chi connectivity index (χ4n) is 2.14. The van der Waals surface area contributed by atoms with E-state index >= 15 is 0 Å². The van der Waals surface area contributed by atoms with E-state index in [9.17, 15) is 4.79 Å². The van der Waals surface area contributed by atoms with Crippen LogP contribution in [0.25, 0.3) is 5.78 Å². The molecule has 0 radical (unpaired) electrons. The summed E-state index contributed by atoms with van der Waals surface area (Å²) in [5.74, 6) is 0.391. The molecule has 1 aliphatic rings. The van der Waals surface area contributed by atoms with Crippen molar-refractivity contribution < 1.29 is 14.3 Å². The number of fused-ring (bicyclic) bond motifs is 1. The zero-order valence-electron chi connectivity index (χ0n) is 11.0. The summed E-state index contributed by atoms with van der Waals surface area (Å²) < 4.78 is 12.5. The standard InChI is InChI=1S/C13H16N4O3/c18-12(9-19-8-11-2-1-5-20-11)16-10-6-15-13-14-3-4-17(13)7-10/h3-4,6-7,11H,1-2,5,8-9H2,(H,16,18). The minimum absolute atomic E-state index is 0.0157. The molecule has 2 aromatic heterocycles. The Labute approximate surface area is 115 Å². The minimum Gasteiger partial charge on any atom is -0.376 e. The van der Waals surface area contributed by atoms with Gasteiger partial charge < -0.3 is 14.8 Å². The van der Waals surface area contributed by atoms with Gasteiger partial charge in [-0.05, 0) is 12.8 Å². The number of nitrogens with one attached hydrogen (secondary N) is 1. The second-order valence-electron chi connectivity index (χ2n) is 4.68. The lowest BCUT2D eigenvalue weighted by molar-refractivity contribution is -0.121. The molecule has 1 unspecified atom stereocenters. The van der Waals surface area contributed by atoms with Crippen molar-refractivity contribution in [3.63, 3.8) is 0 Å². The van der Waals surface area contributed by atoms with Gasteiger partial charge in [0.15, 0.2) is 0 Å². The van der Waals surface area contributed by atoms with E-state index < -0.39 is 0 Å². The lowest BCUT2D eigenvalue weighted by Gasteiger charge is -2.10. The molecule has 0 aromatic carbocycles. The van der Waals surface area contributed by atoms with E-state index in [-0.39, 0.29) is 18.6 Å². The van der Waals surface area contributed by atoms with Gasteiger partial charge in [-0.25, -0.2) is 9.97 Å². The zero-order valence-corrected chi connectivity index (χ0v) is 11.0. The Balaban J connectivity index is 1.47. The van der Waals surface area contributed by atoms with E-state index in [1.807, 2.05) is 0 Å². The van der Waals surface area contributed by atoms with Crippen molar-refractivity contribution in [2.24, 2.45) is 0 Å². The molecule has 1 N–H and O–H groups in total. The Bertz CT molecular complexity index is 592. The van der Waals surface area contributed by atoms with Gasteiger partial charge in [0.25, 0.3) is 0 Å². The van der Waals surface area contributed by atoms with Crippen LogP contribution >= 0.6 is 0 Å². The Hall–Kier alpha value is -1.99. The molecule has 1 fully saturated rings. The molecule has 0 bridgehead atoms. The van der Waals surface area contributed by atoms with Crippen molar-refractivity contribution in [2.45, 2.75) is 18.9 Å². The summed E-state index contributed by atoms with van der Waals surface area (Å²) in [4.78, 5) is 19.9. The normalized spacial score (nSPS) is 18.5. The molecule has 1 aliphatic heterocycles. The van der Waals surface area contributed by atoms with Crippen LogP contribution in [0, 0.1) is 0 Å². The summed E-state index contributed by atoms with van der Waals surface area (Å²) in [6.07, 6.45) is 8.95. The SMILES string of the molecule is O=C(COCC1CCCO1)Nc1cnc2nccn2c1. The van der Waals surface area contributed by atoms with Gasteiger partial charge in [0.1, 0.15) is 6.61 Å². The molecule has 1 saturated heterocycles. The molecule has 3 heterocycles. The van der Waals surface area contributed by atoms with E-state index in [4.69, 9.17) is 9.47 Å². The Morgan fingerprint density at radius 3 is 3.35 bits per heavy atom. The van der Waals surface area contributed by atoms with Crippen LogP contribution in [0.5, 0.6) is 0 Å². The van der Waals surface area contributed by atoms with Crippen LogP contribution in [-0.2, 0) is 14.3 Å². The van der Waals surface area contributed by atoms with Crippen LogP contribution in [0.4, 0.5) is 5.69 Å². The summed E-state index contributed by atoms with van der Waals surface area (Å²) in [6.45, 7) is 1.27. The smallest absolute Gasteiger partial charge is 0.250 e. The molecule has 1 amide bonds. The quantitative estimate of drug-likeness (QED) is 0.876. The topological polar surface area (TPSA) is 77.8 Å². The number of carbonyl (C=O) groups is 1. The second-order valence-corrected chi connectivity index (χ2v) is 4.68. The van der Waals surface area contributed by atoms with E-state index in [1.165, 1.54) is 0 Å². The van der Waals surface area contributed by atoms with Crippen molar-refractivity contribution in [1.82, 2.24) is 14.4 Å². The van der Waals surface area contributed by atoms with E-state index in [1.54, 1.807) is 29.2 Å². The third-order valence-corrected chi connectivity index (χ3v) is 3.09. The predicted molar refractivity (Wildman–Crippen MR) is 71.4 cm³/mol. The number of rotatable bonds is 5. The number of anilines is 1. The Morgan fingerprint density at radius 2 is 2.50 bits per heavy atom. The summed E-state index contributed by atoms with van der Waals surface area (Å²) in [6, 6.07) is 0. The number of amides is 1. The molecule has 20 heavy (non-hydrogen) atoms. The minimum atomic E-state index is -0.204. The average molecular weight is 276 g/mol. The lowest BCUT2D eigenvalue weighted by Crippen LogP contribution is -2.22. The monoisotopic (exact) mass is 276 g/mol. The first kappa shape index (κ1) is 13.0. The molecular formula is C13H16N4O3. The van der Waals surface area contributed by atoms with Crippen molar-refractivity contribution >= 4 is 17.4 Å². The predicted octanol–water partition coefficient (Wildman–Crippen LogP) is 0.863. The molecule has 106 valence electrons. The van der Waals surface area contributed by atoms with E-state index in [0.29, 0.717) is 18.1 Å². The second kappa shape index (κ2) is 5.98. The van der Waals surface area contributed by atoms with Gasteiger partial charge in [-0.2, -0.15) is 0 Å². The summed E-state index contributed by atoms with van der Waals surface area (Å²) >= 11 is 0. The van der Waals surface area contributed by atoms with Crippen molar-refractivity contribution in [3.05, 3.63) is 24.8 Å². The number of imidazole rings is 1. The number of ether oxygens (including phenoxy) is 2. The zero-order chi connectivity index (χ0) is 13.8. The molecule has 2 aromatic rings. The summed E-state index contributed by atoms with van der Waals surface area (Å²) in [7, 11) is 0. The molecular weight excluding hydrogens is 260 g/mol. The molecule has 0 spiro atoms. The van der Waals surface area contributed by atoms with Gasteiger partial charge in [-0.3, -0.25) is 9.20 Å². The van der Waals surface area contributed by atoms with Gasteiger partial charge in [-0.15, -0.1) is 0 Å². The highest BCUT2D eigenvalue weighted by atomic mass is 16.5. The largest absolute Gasteiger partial charge is 0.376 e. The van der Waals surface area contributed by atoms with Crippen LogP contribution in [0.1, 0.15) is 12.8 Å². The average Bonchev–Trinajstić information content (AvgIpc) is 3.08. The molecule has 0 aliphatic carbocycles. The summed E-state index contributed by atoms with van der Waals surface area (Å²) in [5, 5.41) is 2.73. The van der Waals surface area contributed by atoms with Crippen LogP contribution in [0.15, 0.2) is 24.8 Å². The van der Waals surface area contributed by atoms with Gasteiger partial charge in [0.2, 0.25) is 11.7 Å². The molecule has 1 atom stereocenters. The fourth-order valence-corrected chi connectivity index (χ4v) is 2.14. The summed E-state index contributed by atoms with van der Waals surface area (Å²) in [5.41, 5.74) is 0.612. The van der Waals surface area contributed by atoms with Gasteiger partial charge in [0.05, 0.1) is 24.6 Å². The van der Waals surface area contributed by atoms with Gasteiger partial charge >= 0.3 is 0 Å². The maximum Gasteiger partial charge on any atom is 0.250 e.